The number of benzene rings is 1. The lowest BCUT2D eigenvalue weighted by Gasteiger charge is -2.48. The maximum absolute atomic E-state index is 12.3. The molecule has 138 valence electrons. The van der Waals surface area contributed by atoms with Crippen molar-refractivity contribution in [3.8, 4) is 5.75 Å². The maximum Gasteiger partial charge on any atom is 0.341 e. The molecule has 2 fully saturated rings. The van der Waals surface area contributed by atoms with Gasteiger partial charge in [-0.25, -0.2) is 4.79 Å². The van der Waals surface area contributed by atoms with Gasteiger partial charge in [0.1, 0.15) is 24.2 Å². The van der Waals surface area contributed by atoms with Crippen LogP contribution in [0.25, 0.3) is 0 Å². The molecule has 4 aliphatic rings. The van der Waals surface area contributed by atoms with Gasteiger partial charge in [0.15, 0.2) is 0 Å². The van der Waals surface area contributed by atoms with Gasteiger partial charge in [-0.2, -0.15) is 0 Å². The molecule has 0 radical (unpaired) electrons. The summed E-state index contributed by atoms with van der Waals surface area (Å²) in [5, 5.41) is 0. The third-order valence-corrected chi connectivity index (χ3v) is 6.42. The topological polar surface area (TPSA) is 57.2 Å². The summed E-state index contributed by atoms with van der Waals surface area (Å²) in [4.78, 5) is 14.9. The molecular weight excluding hydrogens is 334 g/mol. The van der Waals surface area contributed by atoms with Gasteiger partial charge in [-0.3, -0.25) is 4.90 Å². The van der Waals surface area contributed by atoms with E-state index in [-0.39, 0.29) is 23.7 Å². The zero-order chi connectivity index (χ0) is 17.9. The van der Waals surface area contributed by atoms with E-state index in [4.69, 9.17) is 18.9 Å². The van der Waals surface area contributed by atoms with Crippen LogP contribution in [0.1, 0.15) is 34.3 Å². The molecule has 1 aromatic carbocycles. The number of rotatable bonds is 2. The third-order valence-electron chi connectivity index (χ3n) is 6.42. The molecule has 3 aliphatic heterocycles. The molecule has 3 heterocycles. The van der Waals surface area contributed by atoms with Crippen LogP contribution in [0.4, 0.5) is 0 Å². The van der Waals surface area contributed by atoms with E-state index < -0.39 is 0 Å². The molecule has 6 heteroatoms. The van der Waals surface area contributed by atoms with E-state index in [9.17, 15) is 4.79 Å². The number of hydrogen-bond acceptors (Lipinski definition) is 6. The largest absolute Gasteiger partial charge is 0.496 e. The fraction of sp³-hybridized carbons (Fsp3) is 0.550. The third kappa shape index (κ3) is 2.06. The van der Waals surface area contributed by atoms with Gasteiger partial charge >= 0.3 is 5.97 Å². The molecule has 0 saturated carbocycles. The van der Waals surface area contributed by atoms with Crippen LogP contribution in [0.5, 0.6) is 5.75 Å². The Bertz CT molecular complexity index is 804. The monoisotopic (exact) mass is 357 g/mol. The Balaban J connectivity index is 1.70. The first-order valence-electron chi connectivity index (χ1n) is 9.16. The summed E-state index contributed by atoms with van der Waals surface area (Å²) < 4.78 is 22.1. The number of carbonyl (C=O) groups is 1. The molecule has 26 heavy (non-hydrogen) atoms. The van der Waals surface area contributed by atoms with Crippen LogP contribution in [0.2, 0.25) is 0 Å². The SMILES string of the molecule is COC(=O)c1cc2c(cc1OC)CCN1CCC3=C[C@H]4OCO[C@H]4C[C@@]321. The maximum atomic E-state index is 12.3. The summed E-state index contributed by atoms with van der Waals surface area (Å²) in [6.07, 6.45) is 5.23. The van der Waals surface area contributed by atoms with Crippen molar-refractivity contribution in [2.75, 3.05) is 34.1 Å². The minimum Gasteiger partial charge on any atom is -0.496 e. The fourth-order valence-corrected chi connectivity index (χ4v) is 5.23. The van der Waals surface area contributed by atoms with Gasteiger partial charge in [-0.1, -0.05) is 6.08 Å². The number of fused-ring (bicyclic) bond motifs is 2. The first-order chi connectivity index (χ1) is 12.7. The molecule has 1 aliphatic carbocycles. The van der Waals surface area contributed by atoms with Crippen molar-refractivity contribution in [3.05, 3.63) is 40.5 Å². The smallest absolute Gasteiger partial charge is 0.341 e. The van der Waals surface area contributed by atoms with Crippen LogP contribution < -0.4 is 4.74 Å². The zero-order valence-electron chi connectivity index (χ0n) is 15.1. The predicted molar refractivity (Wildman–Crippen MR) is 93.2 cm³/mol. The molecule has 1 spiro atoms. The molecule has 0 bridgehead atoms. The lowest BCUT2D eigenvalue weighted by atomic mass is 9.70. The van der Waals surface area contributed by atoms with E-state index in [0.29, 0.717) is 18.1 Å². The van der Waals surface area contributed by atoms with E-state index in [1.807, 2.05) is 12.1 Å². The van der Waals surface area contributed by atoms with Crippen molar-refractivity contribution in [2.45, 2.75) is 37.0 Å². The van der Waals surface area contributed by atoms with Gasteiger partial charge in [0, 0.05) is 19.5 Å². The van der Waals surface area contributed by atoms with E-state index >= 15 is 0 Å². The fourth-order valence-electron chi connectivity index (χ4n) is 5.23. The highest BCUT2D eigenvalue weighted by atomic mass is 16.7. The Hall–Kier alpha value is -1.89. The molecule has 2 saturated heterocycles. The van der Waals surface area contributed by atoms with Crippen LogP contribution in [-0.4, -0.2) is 57.2 Å². The van der Waals surface area contributed by atoms with Crippen molar-refractivity contribution in [1.29, 1.82) is 0 Å². The Morgan fingerprint density at radius 1 is 1.23 bits per heavy atom. The van der Waals surface area contributed by atoms with Crippen LogP contribution in [0.3, 0.4) is 0 Å². The predicted octanol–water partition coefficient (Wildman–Crippen LogP) is 2.01. The molecule has 6 nitrogen and oxygen atoms in total. The number of carbonyl (C=O) groups excluding carboxylic acids is 1. The summed E-state index contributed by atoms with van der Waals surface area (Å²) in [6, 6.07) is 4.00. The lowest BCUT2D eigenvalue weighted by molar-refractivity contribution is 0.0224. The average molecular weight is 357 g/mol. The normalized spacial score (nSPS) is 32.2. The van der Waals surface area contributed by atoms with E-state index in [0.717, 1.165) is 32.4 Å². The molecule has 0 aromatic heterocycles. The number of ether oxygens (including phenoxy) is 4. The van der Waals surface area contributed by atoms with Gasteiger partial charge in [-0.15, -0.1) is 0 Å². The summed E-state index contributed by atoms with van der Waals surface area (Å²) in [5.41, 5.74) is 4.13. The van der Waals surface area contributed by atoms with Crippen molar-refractivity contribution in [3.63, 3.8) is 0 Å². The number of esters is 1. The van der Waals surface area contributed by atoms with Crippen LogP contribution >= 0.6 is 0 Å². The van der Waals surface area contributed by atoms with Crippen molar-refractivity contribution < 1.29 is 23.7 Å². The van der Waals surface area contributed by atoms with Crippen molar-refractivity contribution in [1.82, 2.24) is 4.90 Å². The highest BCUT2D eigenvalue weighted by Crippen LogP contribution is 2.54. The van der Waals surface area contributed by atoms with Crippen molar-refractivity contribution >= 4 is 5.97 Å². The summed E-state index contributed by atoms with van der Waals surface area (Å²) in [5.74, 6) is 0.217. The van der Waals surface area contributed by atoms with E-state index in [1.165, 1.54) is 23.8 Å². The number of nitrogens with zero attached hydrogens (tertiary/aromatic N) is 1. The molecule has 0 N–H and O–H groups in total. The first-order valence-corrected chi connectivity index (χ1v) is 9.16. The summed E-state index contributed by atoms with van der Waals surface area (Å²) in [7, 11) is 3.00. The van der Waals surface area contributed by atoms with Gasteiger partial charge in [0.05, 0.1) is 25.9 Å². The summed E-state index contributed by atoms with van der Waals surface area (Å²) >= 11 is 0. The molecule has 3 atom stereocenters. The first kappa shape index (κ1) is 16.3. The van der Waals surface area contributed by atoms with Gasteiger partial charge in [0.2, 0.25) is 0 Å². The highest BCUT2D eigenvalue weighted by Gasteiger charge is 2.55. The van der Waals surface area contributed by atoms with Crippen LogP contribution in [-0.2, 0) is 26.2 Å². The Morgan fingerprint density at radius 3 is 2.88 bits per heavy atom. The number of hydrogen-bond donors (Lipinski definition) is 0. The molecule has 1 aromatic rings. The Morgan fingerprint density at radius 2 is 2.08 bits per heavy atom. The van der Waals surface area contributed by atoms with E-state index in [1.54, 1.807) is 7.11 Å². The molecule has 0 amide bonds. The second kappa shape index (κ2) is 5.81. The van der Waals surface area contributed by atoms with Gasteiger partial charge in [0.25, 0.3) is 0 Å². The van der Waals surface area contributed by atoms with E-state index in [2.05, 4.69) is 11.0 Å². The molecule has 0 unspecified atom stereocenters. The van der Waals surface area contributed by atoms with Gasteiger partial charge in [-0.05, 0) is 41.7 Å². The summed E-state index contributed by atoms with van der Waals surface area (Å²) in [6.45, 7) is 2.39. The Labute approximate surface area is 152 Å². The van der Waals surface area contributed by atoms with Crippen LogP contribution in [0, 0.1) is 0 Å². The molecule has 5 rings (SSSR count). The lowest BCUT2D eigenvalue weighted by Crippen LogP contribution is -2.52. The second-order valence-electron chi connectivity index (χ2n) is 7.40. The average Bonchev–Trinajstić information content (AvgIpc) is 3.27. The zero-order valence-corrected chi connectivity index (χ0v) is 15.1. The molecular formula is C20H23NO5. The van der Waals surface area contributed by atoms with Crippen LogP contribution in [0.15, 0.2) is 23.8 Å². The Kier molecular flexibility index (Phi) is 3.64. The highest BCUT2D eigenvalue weighted by molar-refractivity contribution is 5.93. The van der Waals surface area contributed by atoms with Crippen molar-refractivity contribution in [2.24, 2.45) is 0 Å². The van der Waals surface area contributed by atoms with Gasteiger partial charge < -0.3 is 18.9 Å². The second-order valence-corrected chi connectivity index (χ2v) is 7.40. The number of methoxy groups -OCH3 is 2. The standard InChI is InChI=1S/C20H23NO5/c1-23-16-7-12-3-5-21-6-4-13-8-17-18(26-11-25-17)10-20(13,21)15(12)9-14(16)19(22)24-2/h7-9,17-18H,3-6,10-11H2,1-2H3/t17-,18+,20-/m1/s1. The minimum atomic E-state index is -0.365. The quantitative estimate of drug-likeness (QED) is 0.596. The minimum absolute atomic E-state index is 0.0549.